The van der Waals surface area contributed by atoms with Crippen LogP contribution in [0.15, 0.2) is 59.0 Å². The number of rotatable bonds is 7. The molecule has 0 spiro atoms. The van der Waals surface area contributed by atoms with E-state index < -0.39 is 5.82 Å². The van der Waals surface area contributed by atoms with Crippen molar-refractivity contribution in [3.63, 3.8) is 0 Å². The van der Waals surface area contributed by atoms with Gasteiger partial charge in [-0.1, -0.05) is 0 Å². The van der Waals surface area contributed by atoms with Crippen molar-refractivity contribution in [1.29, 1.82) is 0 Å². The normalized spacial score (nSPS) is 15.1. The number of nitrogens with one attached hydrogen (secondary N) is 1. The number of morpholine rings is 1. The first-order valence-corrected chi connectivity index (χ1v) is 10.2. The molecule has 2 heterocycles. The molecule has 0 atom stereocenters. The van der Waals surface area contributed by atoms with Crippen LogP contribution in [0.25, 0.3) is 5.57 Å². The molecular formula is C24H27FN4O3. The summed E-state index contributed by atoms with van der Waals surface area (Å²) in [6, 6.07) is 7.86. The van der Waals surface area contributed by atoms with E-state index in [4.69, 9.17) is 9.47 Å². The van der Waals surface area contributed by atoms with E-state index in [1.54, 1.807) is 13.1 Å². The number of hydrogen-bond acceptors (Lipinski definition) is 6. The van der Waals surface area contributed by atoms with E-state index in [0.29, 0.717) is 30.2 Å². The van der Waals surface area contributed by atoms with E-state index in [1.165, 1.54) is 25.3 Å². The third kappa shape index (κ3) is 5.59. The molecule has 0 radical (unpaired) electrons. The zero-order valence-corrected chi connectivity index (χ0v) is 18.5. The Bertz CT molecular complexity index is 1060. The summed E-state index contributed by atoms with van der Waals surface area (Å²) in [7, 11) is 1.35. The van der Waals surface area contributed by atoms with Crippen LogP contribution >= 0.6 is 0 Å². The topological polar surface area (TPSA) is 76.0 Å². The van der Waals surface area contributed by atoms with Crippen LogP contribution in [0.3, 0.4) is 0 Å². The molecule has 0 saturated carbocycles. The maximum absolute atomic E-state index is 13.6. The first-order valence-electron chi connectivity index (χ1n) is 10.2. The van der Waals surface area contributed by atoms with Crippen LogP contribution in [0, 0.1) is 5.82 Å². The van der Waals surface area contributed by atoms with Crippen LogP contribution in [-0.2, 0) is 4.74 Å². The molecule has 8 heteroatoms. The maximum Gasteiger partial charge on any atom is 0.255 e. The van der Waals surface area contributed by atoms with Gasteiger partial charge in [0.25, 0.3) is 5.91 Å². The number of anilines is 1. The van der Waals surface area contributed by atoms with Crippen LogP contribution in [0.5, 0.6) is 5.75 Å². The third-order valence-electron chi connectivity index (χ3n) is 5.10. The van der Waals surface area contributed by atoms with Gasteiger partial charge in [0.2, 0.25) is 0 Å². The minimum atomic E-state index is -0.525. The van der Waals surface area contributed by atoms with Crippen molar-refractivity contribution in [2.75, 3.05) is 38.3 Å². The molecule has 1 aromatic heterocycles. The Labute approximate surface area is 187 Å². The number of ether oxygens (including phenoxy) is 2. The van der Waals surface area contributed by atoms with Gasteiger partial charge in [-0.2, -0.15) is 0 Å². The number of pyridine rings is 1. The third-order valence-corrected chi connectivity index (χ3v) is 5.10. The van der Waals surface area contributed by atoms with Crippen LogP contribution in [0.1, 0.15) is 29.8 Å². The second-order valence-electron chi connectivity index (χ2n) is 7.29. The Hall–Kier alpha value is -3.52. The van der Waals surface area contributed by atoms with Crippen LogP contribution in [-0.4, -0.2) is 51.0 Å². The molecule has 168 valence electrons. The molecule has 3 rings (SSSR count). The molecule has 1 N–H and O–H groups in total. The minimum Gasteiger partial charge on any atom is -0.494 e. The van der Waals surface area contributed by atoms with Crippen LogP contribution < -0.4 is 15.0 Å². The summed E-state index contributed by atoms with van der Waals surface area (Å²) in [5.41, 5.74) is 3.32. The van der Waals surface area contributed by atoms with Crippen molar-refractivity contribution in [2.45, 2.75) is 13.8 Å². The largest absolute Gasteiger partial charge is 0.494 e. The predicted molar refractivity (Wildman–Crippen MR) is 124 cm³/mol. The van der Waals surface area contributed by atoms with Gasteiger partial charge in [0.1, 0.15) is 5.82 Å². The molecule has 0 aliphatic carbocycles. The second-order valence-corrected chi connectivity index (χ2v) is 7.29. The molecule has 0 bridgehead atoms. The lowest BCUT2D eigenvalue weighted by Crippen LogP contribution is -2.36. The number of halogens is 1. The number of allylic oxidation sites excluding steroid dienone is 4. The van der Waals surface area contributed by atoms with Gasteiger partial charge < -0.3 is 19.7 Å². The van der Waals surface area contributed by atoms with Gasteiger partial charge >= 0.3 is 0 Å². The van der Waals surface area contributed by atoms with Gasteiger partial charge in [-0.15, -0.1) is 0 Å². The van der Waals surface area contributed by atoms with Crippen molar-refractivity contribution in [2.24, 2.45) is 4.99 Å². The van der Waals surface area contributed by atoms with Crippen molar-refractivity contribution in [1.82, 2.24) is 10.3 Å². The summed E-state index contributed by atoms with van der Waals surface area (Å²) in [6.45, 7) is 10.2. The lowest BCUT2D eigenvalue weighted by atomic mass is 10.0. The highest BCUT2D eigenvalue weighted by Gasteiger charge is 2.15. The number of nitrogens with zero attached hydrogens (tertiary/aromatic N) is 3. The maximum atomic E-state index is 13.6. The average Bonchev–Trinajstić information content (AvgIpc) is 2.83. The Morgan fingerprint density at radius 3 is 2.69 bits per heavy atom. The van der Waals surface area contributed by atoms with Crippen LogP contribution in [0.2, 0.25) is 0 Å². The predicted octanol–water partition coefficient (Wildman–Crippen LogP) is 3.83. The highest BCUT2D eigenvalue weighted by Crippen LogP contribution is 2.25. The smallest absolute Gasteiger partial charge is 0.255 e. The molecule has 0 unspecified atom stereocenters. The van der Waals surface area contributed by atoms with Crippen molar-refractivity contribution in [3.8, 4) is 5.75 Å². The molecule has 1 aliphatic heterocycles. The highest BCUT2D eigenvalue weighted by molar-refractivity contribution is 5.96. The number of amides is 1. The number of benzene rings is 1. The van der Waals surface area contributed by atoms with Crippen molar-refractivity contribution in [3.05, 3.63) is 70.9 Å². The zero-order chi connectivity index (χ0) is 23.1. The number of carbonyl (C=O) groups is 1. The van der Waals surface area contributed by atoms with Gasteiger partial charge in [0.15, 0.2) is 11.6 Å². The van der Waals surface area contributed by atoms with Crippen LogP contribution in [0.4, 0.5) is 10.2 Å². The van der Waals surface area contributed by atoms with E-state index in [1.807, 2.05) is 25.1 Å². The molecule has 1 saturated heterocycles. The molecule has 1 aliphatic rings. The Balaban J connectivity index is 1.85. The molecule has 2 aromatic rings. The molecule has 1 aromatic carbocycles. The van der Waals surface area contributed by atoms with E-state index in [9.17, 15) is 9.18 Å². The molecule has 7 nitrogen and oxygen atoms in total. The van der Waals surface area contributed by atoms with Gasteiger partial charge in [-0.25, -0.2) is 9.37 Å². The SMILES string of the molecule is C=N/C(C)=C(\C=C(/C)NC(=O)c1ccc(F)c(OC)c1)c1ccnc(N2CCOCC2)c1. The standard InChI is InChI=1S/C24H27FN4O3/c1-16(28-24(30)19-5-6-21(25)22(14-19)31-4)13-20(17(2)26-3)18-7-8-27-23(15-18)29-9-11-32-12-10-29/h5-8,13-15H,3,9-12H2,1-2,4H3,(H,28,30)/b16-13+,20-17+. The molecular weight excluding hydrogens is 411 g/mol. The number of hydrogen-bond donors (Lipinski definition) is 1. The fourth-order valence-corrected chi connectivity index (χ4v) is 3.34. The summed E-state index contributed by atoms with van der Waals surface area (Å²) < 4.78 is 24.0. The lowest BCUT2D eigenvalue weighted by Gasteiger charge is -2.28. The first-order chi connectivity index (χ1) is 15.4. The Kier molecular flexibility index (Phi) is 7.72. The summed E-state index contributed by atoms with van der Waals surface area (Å²) in [5.74, 6) is -0.0278. The zero-order valence-electron chi connectivity index (χ0n) is 18.5. The lowest BCUT2D eigenvalue weighted by molar-refractivity contribution is 0.0965. The Morgan fingerprint density at radius 1 is 1.25 bits per heavy atom. The van der Waals surface area contributed by atoms with E-state index >= 15 is 0 Å². The first kappa shape index (κ1) is 23.1. The van der Waals surface area contributed by atoms with Gasteiger partial charge in [0, 0.05) is 41.8 Å². The molecule has 32 heavy (non-hydrogen) atoms. The summed E-state index contributed by atoms with van der Waals surface area (Å²) in [6.07, 6.45) is 3.59. The van der Waals surface area contributed by atoms with Gasteiger partial charge in [-0.3, -0.25) is 9.79 Å². The van der Waals surface area contributed by atoms with E-state index in [2.05, 4.69) is 26.9 Å². The Morgan fingerprint density at radius 2 is 2.00 bits per heavy atom. The van der Waals surface area contributed by atoms with Gasteiger partial charge in [0.05, 0.1) is 20.3 Å². The average molecular weight is 439 g/mol. The molecule has 1 amide bonds. The summed E-state index contributed by atoms with van der Waals surface area (Å²) in [4.78, 5) is 23.4. The highest BCUT2D eigenvalue weighted by atomic mass is 19.1. The fourth-order valence-electron chi connectivity index (χ4n) is 3.34. The number of aromatic nitrogens is 1. The number of aliphatic imine (C=N–C) groups is 1. The van der Waals surface area contributed by atoms with Crippen molar-refractivity contribution >= 4 is 24.0 Å². The summed E-state index contributed by atoms with van der Waals surface area (Å²) in [5, 5.41) is 2.83. The number of methoxy groups -OCH3 is 1. The molecule has 1 fully saturated rings. The quantitative estimate of drug-likeness (QED) is 0.525. The minimum absolute atomic E-state index is 0.0130. The summed E-state index contributed by atoms with van der Waals surface area (Å²) >= 11 is 0. The van der Waals surface area contributed by atoms with Gasteiger partial charge in [-0.05, 0) is 62.5 Å². The number of carbonyl (C=O) groups excluding carboxylic acids is 1. The van der Waals surface area contributed by atoms with E-state index in [-0.39, 0.29) is 11.7 Å². The monoisotopic (exact) mass is 438 g/mol. The fraction of sp³-hybridized carbons (Fsp3) is 0.292. The van der Waals surface area contributed by atoms with E-state index in [0.717, 1.165) is 30.0 Å². The van der Waals surface area contributed by atoms with Crippen molar-refractivity contribution < 1.29 is 18.7 Å². The second kappa shape index (κ2) is 10.7.